The lowest BCUT2D eigenvalue weighted by atomic mass is 10.1. The van der Waals surface area contributed by atoms with E-state index in [1.807, 2.05) is 4.90 Å². The molecule has 3 rings (SSSR count). The zero-order valence-electron chi connectivity index (χ0n) is 14.2. The second kappa shape index (κ2) is 7.30. The molecule has 6 heteroatoms. The third kappa shape index (κ3) is 3.59. The number of nitrogens with zero attached hydrogens (tertiary/aromatic N) is 3. The van der Waals surface area contributed by atoms with E-state index in [-0.39, 0.29) is 11.6 Å². The Labute approximate surface area is 142 Å². The molecule has 2 aliphatic rings. The maximum atomic E-state index is 12.9. The molecule has 2 aliphatic heterocycles. The van der Waals surface area contributed by atoms with Gasteiger partial charge in [-0.2, -0.15) is 0 Å². The van der Waals surface area contributed by atoms with Gasteiger partial charge in [-0.15, -0.1) is 0 Å². The molecule has 0 spiro atoms. The molecule has 1 aromatic carbocycles. The summed E-state index contributed by atoms with van der Waals surface area (Å²) in [5, 5.41) is 11.1. The van der Waals surface area contributed by atoms with Crippen LogP contribution in [0.4, 0.5) is 5.69 Å². The summed E-state index contributed by atoms with van der Waals surface area (Å²) < 4.78 is 0. The van der Waals surface area contributed by atoms with Crippen LogP contribution in [0.15, 0.2) is 18.2 Å². The van der Waals surface area contributed by atoms with Gasteiger partial charge >= 0.3 is 0 Å². The molecule has 1 aromatic rings. The summed E-state index contributed by atoms with van der Waals surface area (Å²) in [5.41, 5.74) is 1.03. The third-order valence-electron chi connectivity index (χ3n) is 5.24. The Kier molecular flexibility index (Phi) is 5.14. The number of carbonyl (C=O) groups excluding carboxylic acids is 1. The van der Waals surface area contributed by atoms with Gasteiger partial charge in [-0.3, -0.25) is 19.8 Å². The first-order valence-electron chi connectivity index (χ1n) is 8.84. The second-order valence-electron chi connectivity index (χ2n) is 6.90. The molecule has 0 unspecified atom stereocenters. The van der Waals surface area contributed by atoms with Gasteiger partial charge in [-0.05, 0) is 51.8 Å². The molecule has 6 nitrogen and oxygen atoms in total. The monoisotopic (exact) mass is 331 g/mol. The average molecular weight is 331 g/mol. The summed E-state index contributed by atoms with van der Waals surface area (Å²) in [7, 11) is 0. The van der Waals surface area contributed by atoms with Crippen LogP contribution in [-0.2, 0) is 0 Å². The van der Waals surface area contributed by atoms with Gasteiger partial charge in [0, 0.05) is 36.3 Å². The zero-order valence-corrected chi connectivity index (χ0v) is 14.2. The van der Waals surface area contributed by atoms with Crippen molar-refractivity contribution in [3.8, 4) is 0 Å². The molecule has 2 heterocycles. The third-order valence-corrected chi connectivity index (χ3v) is 5.24. The highest BCUT2D eigenvalue weighted by Crippen LogP contribution is 2.24. The van der Waals surface area contributed by atoms with E-state index in [1.165, 1.54) is 18.9 Å². The number of hydrogen-bond acceptors (Lipinski definition) is 4. The molecule has 2 saturated heterocycles. The minimum Gasteiger partial charge on any atom is -0.337 e. The van der Waals surface area contributed by atoms with Crippen LogP contribution >= 0.6 is 0 Å². The van der Waals surface area contributed by atoms with Crippen molar-refractivity contribution in [3.05, 3.63) is 39.4 Å². The van der Waals surface area contributed by atoms with Gasteiger partial charge in [0.2, 0.25) is 0 Å². The van der Waals surface area contributed by atoms with Crippen molar-refractivity contribution in [2.24, 2.45) is 0 Å². The maximum Gasteiger partial charge on any atom is 0.273 e. The Hall–Kier alpha value is -1.95. The summed E-state index contributed by atoms with van der Waals surface area (Å²) in [6.07, 6.45) is 5.77. The van der Waals surface area contributed by atoms with E-state index in [9.17, 15) is 14.9 Å². The highest BCUT2D eigenvalue weighted by Gasteiger charge is 2.29. The van der Waals surface area contributed by atoms with Crippen molar-refractivity contribution in [1.29, 1.82) is 0 Å². The van der Waals surface area contributed by atoms with E-state index in [0.717, 1.165) is 45.4 Å². The maximum absolute atomic E-state index is 12.9. The summed E-state index contributed by atoms with van der Waals surface area (Å²) in [6, 6.07) is 5.23. The zero-order chi connectivity index (χ0) is 17.1. The van der Waals surface area contributed by atoms with Crippen LogP contribution in [0.3, 0.4) is 0 Å². The lowest BCUT2D eigenvalue weighted by Crippen LogP contribution is -2.43. The van der Waals surface area contributed by atoms with Crippen LogP contribution in [0.5, 0.6) is 0 Å². The Morgan fingerprint density at radius 2 is 1.88 bits per heavy atom. The summed E-state index contributed by atoms with van der Waals surface area (Å²) in [5.74, 6) is -0.0794. The molecule has 0 aromatic heterocycles. The van der Waals surface area contributed by atoms with Gasteiger partial charge in [0.25, 0.3) is 11.6 Å². The van der Waals surface area contributed by atoms with E-state index >= 15 is 0 Å². The van der Waals surface area contributed by atoms with Gasteiger partial charge in [0.15, 0.2) is 0 Å². The highest BCUT2D eigenvalue weighted by molar-refractivity contribution is 5.95. The number of rotatable bonds is 3. The van der Waals surface area contributed by atoms with Gasteiger partial charge in [0.1, 0.15) is 0 Å². The van der Waals surface area contributed by atoms with Crippen molar-refractivity contribution in [1.82, 2.24) is 9.80 Å². The molecule has 130 valence electrons. The van der Waals surface area contributed by atoms with Crippen LogP contribution in [0.25, 0.3) is 0 Å². The molecule has 0 saturated carbocycles. The van der Waals surface area contributed by atoms with Crippen molar-refractivity contribution in [2.45, 2.75) is 45.1 Å². The van der Waals surface area contributed by atoms with Crippen molar-refractivity contribution in [2.75, 3.05) is 26.2 Å². The first-order chi connectivity index (χ1) is 11.6. The first kappa shape index (κ1) is 16.9. The predicted octanol–water partition coefficient (Wildman–Crippen LogP) is 2.99. The second-order valence-corrected chi connectivity index (χ2v) is 6.90. The van der Waals surface area contributed by atoms with Crippen LogP contribution in [0, 0.1) is 17.0 Å². The predicted molar refractivity (Wildman–Crippen MR) is 92.2 cm³/mol. The Balaban J connectivity index is 1.77. The number of aryl methyl sites for hydroxylation is 1. The highest BCUT2D eigenvalue weighted by atomic mass is 16.6. The fourth-order valence-electron chi connectivity index (χ4n) is 3.83. The number of carbonyl (C=O) groups is 1. The summed E-state index contributed by atoms with van der Waals surface area (Å²) in [4.78, 5) is 28.0. The lowest BCUT2D eigenvalue weighted by Gasteiger charge is -2.30. The molecule has 24 heavy (non-hydrogen) atoms. The Morgan fingerprint density at radius 3 is 2.58 bits per heavy atom. The SMILES string of the molecule is Cc1ccc(C(=O)N2CCCC[C@@H](N3CCCC3)C2)cc1[N+](=O)[O-]. The van der Waals surface area contributed by atoms with Crippen molar-refractivity contribution in [3.63, 3.8) is 0 Å². The Bertz CT molecular complexity index is 626. The summed E-state index contributed by atoms with van der Waals surface area (Å²) in [6.45, 7) is 5.43. The van der Waals surface area contributed by atoms with Crippen LogP contribution in [-0.4, -0.2) is 52.9 Å². The van der Waals surface area contributed by atoms with Crippen molar-refractivity contribution < 1.29 is 9.72 Å². The van der Waals surface area contributed by atoms with Crippen LogP contribution in [0.1, 0.15) is 48.0 Å². The minimum atomic E-state index is -0.415. The number of amides is 1. The number of hydrogen-bond donors (Lipinski definition) is 0. The number of nitro benzene ring substituents is 1. The molecule has 2 fully saturated rings. The molecule has 1 atom stereocenters. The van der Waals surface area contributed by atoms with Crippen LogP contribution < -0.4 is 0 Å². The molecular formula is C18H25N3O3. The molecule has 0 radical (unpaired) electrons. The van der Waals surface area contributed by atoms with Gasteiger partial charge in [-0.25, -0.2) is 0 Å². The van der Waals surface area contributed by atoms with Gasteiger partial charge in [-0.1, -0.05) is 12.5 Å². The van der Waals surface area contributed by atoms with Gasteiger partial charge in [0.05, 0.1) is 4.92 Å². The smallest absolute Gasteiger partial charge is 0.273 e. The quantitative estimate of drug-likeness (QED) is 0.631. The van der Waals surface area contributed by atoms with Gasteiger partial charge < -0.3 is 4.90 Å². The summed E-state index contributed by atoms with van der Waals surface area (Å²) >= 11 is 0. The molecule has 1 amide bonds. The Morgan fingerprint density at radius 1 is 1.17 bits per heavy atom. The standard InChI is InChI=1S/C18H25N3O3/c1-14-7-8-15(12-17(14)21(23)24)18(22)20-11-3-2-6-16(13-20)19-9-4-5-10-19/h7-8,12,16H,2-6,9-11,13H2,1H3/t16-/m1/s1. The molecule has 0 N–H and O–H groups in total. The molecule has 0 bridgehead atoms. The average Bonchev–Trinajstić information content (AvgIpc) is 2.99. The largest absolute Gasteiger partial charge is 0.337 e. The van der Waals surface area contributed by atoms with E-state index < -0.39 is 4.92 Å². The molecular weight excluding hydrogens is 306 g/mol. The van der Waals surface area contributed by atoms with Crippen LogP contribution in [0.2, 0.25) is 0 Å². The van der Waals surface area contributed by atoms with E-state index in [4.69, 9.17) is 0 Å². The normalized spacial score (nSPS) is 22.4. The van der Waals surface area contributed by atoms with Crippen molar-refractivity contribution >= 4 is 11.6 Å². The number of nitro groups is 1. The minimum absolute atomic E-state index is 0.0202. The number of likely N-dealkylation sites (tertiary alicyclic amines) is 2. The van der Waals surface area contributed by atoms with E-state index in [0.29, 0.717) is 17.2 Å². The first-order valence-corrected chi connectivity index (χ1v) is 8.84. The number of benzene rings is 1. The van der Waals surface area contributed by atoms with E-state index in [1.54, 1.807) is 19.1 Å². The lowest BCUT2D eigenvalue weighted by molar-refractivity contribution is -0.385. The topological polar surface area (TPSA) is 66.7 Å². The fraction of sp³-hybridized carbons (Fsp3) is 0.611. The van der Waals surface area contributed by atoms with E-state index in [2.05, 4.69) is 4.90 Å². The fourth-order valence-corrected chi connectivity index (χ4v) is 3.83. The molecule has 0 aliphatic carbocycles.